The molecular formula is C21H30N2O2. The average molecular weight is 342 g/mol. The summed E-state index contributed by atoms with van der Waals surface area (Å²) < 4.78 is 0. The maximum Gasteiger partial charge on any atom is 0.225 e. The number of rotatable bonds is 4. The van der Waals surface area contributed by atoms with Crippen LogP contribution in [0.25, 0.3) is 0 Å². The van der Waals surface area contributed by atoms with Crippen LogP contribution in [-0.2, 0) is 16.1 Å². The van der Waals surface area contributed by atoms with E-state index in [-0.39, 0.29) is 17.7 Å². The van der Waals surface area contributed by atoms with Gasteiger partial charge in [0.25, 0.3) is 0 Å². The summed E-state index contributed by atoms with van der Waals surface area (Å²) in [5.74, 6) is -0.00767. The Labute approximate surface area is 151 Å². The van der Waals surface area contributed by atoms with E-state index in [1.54, 1.807) is 0 Å². The van der Waals surface area contributed by atoms with Crippen molar-refractivity contribution in [3.05, 3.63) is 35.4 Å². The zero-order chi connectivity index (χ0) is 17.6. The van der Waals surface area contributed by atoms with Gasteiger partial charge in [-0.3, -0.25) is 9.59 Å². The van der Waals surface area contributed by atoms with Crippen LogP contribution in [0.4, 0.5) is 0 Å². The fraction of sp³-hybridized carbons (Fsp3) is 0.619. The molecule has 4 heteroatoms. The molecule has 0 unspecified atom stereocenters. The van der Waals surface area contributed by atoms with Crippen LogP contribution in [0.15, 0.2) is 24.3 Å². The lowest BCUT2D eigenvalue weighted by atomic mass is 9.96. The highest BCUT2D eigenvalue weighted by molar-refractivity contribution is 5.89. The summed E-state index contributed by atoms with van der Waals surface area (Å²) in [6, 6.07) is 8.53. The summed E-state index contributed by atoms with van der Waals surface area (Å²) in [7, 11) is 0. The van der Waals surface area contributed by atoms with Crippen molar-refractivity contribution < 1.29 is 9.59 Å². The lowest BCUT2D eigenvalue weighted by Gasteiger charge is -2.29. The number of benzene rings is 1. The van der Waals surface area contributed by atoms with E-state index in [1.165, 1.54) is 37.7 Å². The number of carbonyl (C=O) groups is 2. The second-order valence-corrected chi connectivity index (χ2v) is 7.65. The second kappa shape index (κ2) is 8.50. The summed E-state index contributed by atoms with van der Waals surface area (Å²) in [6.07, 6.45) is 8.86. The minimum atomic E-state index is -0.191. The molecule has 2 aliphatic rings. The number of carbonyl (C=O) groups excluding carboxylic acids is 2. The minimum Gasteiger partial charge on any atom is -0.352 e. The van der Waals surface area contributed by atoms with Gasteiger partial charge in [0, 0.05) is 25.6 Å². The number of aryl methyl sites for hydroxylation is 1. The van der Waals surface area contributed by atoms with Crippen molar-refractivity contribution in [1.82, 2.24) is 10.2 Å². The van der Waals surface area contributed by atoms with Crippen LogP contribution in [0.3, 0.4) is 0 Å². The summed E-state index contributed by atoms with van der Waals surface area (Å²) in [6.45, 7) is 3.19. The Kier molecular flexibility index (Phi) is 6.11. The predicted octanol–water partition coefficient (Wildman–Crippen LogP) is 3.57. The van der Waals surface area contributed by atoms with Crippen LogP contribution in [0, 0.1) is 12.8 Å². The summed E-state index contributed by atoms with van der Waals surface area (Å²) in [4.78, 5) is 26.9. The molecular weight excluding hydrogens is 312 g/mol. The molecule has 1 saturated carbocycles. The maximum atomic E-state index is 12.5. The number of amides is 2. The molecule has 136 valence electrons. The van der Waals surface area contributed by atoms with Gasteiger partial charge in [0.05, 0.1) is 5.92 Å². The molecule has 1 aliphatic heterocycles. The number of hydrogen-bond donors (Lipinski definition) is 1. The van der Waals surface area contributed by atoms with Crippen LogP contribution < -0.4 is 5.32 Å². The molecule has 4 nitrogen and oxygen atoms in total. The summed E-state index contributed by atoms with van der Waals surface area (Å²) in [5.41, 5.74) is 2.31. The van der Waals surface area contributed by atoms with Crippen molar-refractivity contribution in [3.63, 3.8) is 0 Å². The van der Waals surface area contributed by atoms with Crippen molar-refractivity contribution in [2.24, 2.45) is 5.92 Å². The van der Waals surface area contributed by atoms with E-state index in [0.29, 0.717) is 25.6 Å². The van der Waals surface area contributed by atoms with Gasteiger partial charge in [0.15, 0.2) is 0 Å². The molecule has 0 aromatic heterocycles. The Hall–Kier alpha value is -1.84. The van der Waals surface area contributed by atoms with Crippen molar-refractivity contribution in [1.29, 1.82) is 0 Å². The first kappa shape index (κ1) is 18.0. The third kappa shape index (κ3) is 4.83. The van der Waals surface area contributed by atoms with Gasteiger partial charge in [0.1, 0.15) is 0 Å². The smallest absolute Gasteiger partial charge is 0.225 e. The van der Waals surface area contributed by atoms with E-state index in [0.717, 1.165) is 18.4 Å². The van der Waals surface area contributed by atoms with Crippen LogP contribution in [0.1, 0.15) is 62.5 Å². The van der Waals surface area contributed by atoms with Crippen molar-refractivity contribution in [3.8, 4) is 0 Å². The van der Waals surface area contributed by atoms with Gasteiger partial charge < -0.3 is 10.2 Å². The third-order valence-corrected chi connectivity index (χ3v) is 5.63. The van der Waals surface area contributed by atoms with Crippen LogP contribution in [0.2, 0.25) is 0 Å². The third-order valence-electron chi connectivity index (χ3n) is 5.63. The van der Waals surface area contributed by atoms with E-state index in [2.05, 4.69) is 24.4 Å². The van der Waals surface area contributed by atoms with Gasteiger partial charge in [-0.2, -0.15) is 0 Å². The number of likely N-dealkylation sites (tertiary alicyclic amines) is 1. The molecule has 2 amide bonds. The lowest BCUT2D eigenvalue weighted by Crippen LogP contribution is -2.38. The van der Waals surface area contributed by atoms with E-state index in [1.807, 2.05) is 17.0 Å². The molecule has 1 aromatic rings. The fourth-order valence-electron chi connectivity index (χ4n) is 4.05. The van der Waals surface area contributed by atoms with Crippen molar-refractivity contribution >= 4 is 11.8 Å². The zero-order valence-electron chi connectivity index (χ0n) is 15.3. The Balaban J connectivity index is 1.52. The van der Waals surface area contributed by atoms with E-state index >= 15 is 0 Å². The van der Waals surface area contributed by atoms with Crippen molar-refractivity contribution in [2.75, 3.05) is 6.54 Å². The number of nitrogens with zero attached hydrogens (tertiary/aromatic N) is 1. The molecule has 0 bridgehead atoms. The van der Waals surface area contributed by atoms with E-state index in [4.69, 9.17) is 0 Å². The Morgan fingerprint density at radius 3 is 2.40 bits per heavy atom. The summed E-state index contributed by atoms with van der Waals surface area (Å²) >= 11 is 0. The molecule has 3 rings (SSSR count). The molecule has 1 heterocycles. The van der Waals surface area contributed by atoms with Gasteiger partial charge in [-0.25, -0.2) is 0 Å². The molecule has 1 aromatic carbocycles. The topological polar surface area (TPSA) is 49.4 Å². The molecule has 1 atom stereocenters. The largest absolute Gasteiger partial charge is 0.352 e. The first-order valence-corrected chi connectivity index (χ1v) is 9.76. The Morgan fingerprint density at radius 1 is 1.08 bits per heavy atom. The Morgan fingerprint density at radius 2 is 1.72 bits per heavy atom. The Bertz CT molecular complexity index is 588. The highest BCUT2D eigenvalue weighted by atomic mass is 16.2. The first-order valence-electron chi connectivity index (χ1n) is 9.76. The van der Waals surface area contributed by atoms with E-state index < -0.39 is 0 Å². The standard InChI is InChI=1S/C21H30N2O2/c1-16-9-11-17(12-10-16)14-22-21(25)18-13-20(24)23(15-18)19-7-5-3-2-4-6-8-19/h9-12,18-19H,2-8,13-15H2,1H3,(H,22,25)/t18-/m1/s1. The van der Waals surface area contributed by atoms with Gasteiger partial charge in [-0.15, -0.1) is 0 Å². The molecule has 0 radical (unpaired) electrons. The molecule has 0 spiro atoms. The number of hydrogen-bond acceptors (Lipinski definition) is 2. The molecule has 1 saturated heterocycles. The van der Waals surface area contributed by atoms with Gasteiger partial charge in [-0.05, 0) is 25.3 Å². The maximum absolute atomic E-state index is 12.5. The summed E-state index contributed by atoms with van der Waals surface area (Å²) in [5, 5.41) is 3.01. The normalized spacial score (nSPS) is 22.5. The highest BCUT2D eigenvalue weighted by Crippen LogP contribution is 2.27. The van der Waals surface area contributed by atoms with Crippen LogP contribution >= 0.6 is 0 Å². The molecule has 2 fully saturated rings. The SMILES string of the molecule is Cc1ccc(CNC(=O)[C@@H]2CC(=O)N(C3CCCCCCC3)C2)cc1. The second-order valence-electron chi connectivity index (χ2n) is 7.65. The first-order chi connectivity index (χ1) is 12.1. The molecule has 1 N–H and O–H groups in total. The lowest BCUT2D eigenvalue weighted by molar-refractivity contribution is -0.130. The zero-order valence-corrected chi connectivity index (χ0v) is 15.3. The van der Waals surface area contributed by atoms with Crippen LogP contribution in [-0.4, -0.2) is 29.3 Å². The van der Waals surface area contributed by atoms with Gasteiger partial charge >= 0.3 is 0 Å². The average Bonchev–Trinajstić information content (AvgIpc) is 2.96. The fourth-order valence-corrected chi connectivity index (χ4v) is 4.05. The van der Waals surface area contributed by atoms with Crippen LogP contribution in [0.5, 0.6) is 0 Å². The van der Waals surface area contributed by atoms with Crippen molar-refractivity contribution in [2.45, 2.75) is 70.9 Å². The molecule has 25 heavy (non-hydrogen) atoms. The monoisotopic (exact) mass is 342 g/mol. The predicted molar refractivity (Wildman–Crippen MR) is 99.0 cm³/mol. The van der Waals surface area contributed by atoms with E-state index in [9.17, 15) is 9.59 Å². The highest BCUT2D eigenvalue weighted by Gasteiger charge is 2.37. The minimum absolute atomic E-state index is 0.0160. The molecule has 1 aliphatic carbocycles. The quantitative estimate of drug-likeness (QED) is 0.909. The number of nitrogens with one attached hydrogen (secondary N) is 1. The van der Waals surface area contributed by atoms with Gasteiger partial charge in [-0.1, -0.05) is 61.9 Å². The van der Waals surface area contributed by atoms with Gasteiger partial charge in [0.2, 0.25) is 11.8 Å².